The molecule has 0 saturated heterocycles. The van der Waals surface area contributed by atoms with E-state index < -0.39 is 5.60 Å². The van der Waals surface area contributed by atoms with Crippen LogP contribution in [0, 0.1) is 12.8 Å². The minimum absolute atomic E-state index is 0.150. The number of hydrogen-bond donors (Lipinski definition) is 1. The van der Waals surface area contributed by atoms with Gasteiger partial charge in [-0.2, -0.15) is 9.61 Å². The van der Waals surface area contributed by atoms with Gasteiger partial charge in [-0.25, -0.2) is 9.37 Å². The topological polar surface area (TPSA) is 68.5 Å². The highest BCUT2D eigenvalue weighted by atomic mass is 19.1. The highest BCUT2D eigenvalue weighted by Crippen LogP contribution is 2.33. The lowest BCUT2D eigenvalue weighted by Crippen LogP contribution is -2.27. The molecule has 1 atom stereocenters. The van der Waals surface area contributed by atoms with Gasteiger partial charge in [0.05, 0.1) is 6.20 Å². The van der Waals surface area contributed by atoms with Gasteiger partial charge in [0.25, 0.3) is 5.91 Å². The summed E-state index contributed by atoms with van der Waals surface area (Å²) in [5, 5.41) is 7.41. The molecule has 0 bridgehead atoms. The number of carbonyl (C=O) groups excluding carboxylic acids is 1. The molecule has 7 heteroatoms. The van der Waals surface area contributed by atoms with Gasteiger partial charge in [0.15, 0.2) is 5.65 Å². The number of rotatable bonds is 7. The number of ether oxygens (including phenoxy) is 1. The summed E-state index contributed by atoms with van der Waals surface area (Å²) in [5.41, 5.74) is 2.95. The van der Waals surface area contributed by atoms with Crippen LogP contribution in [0.15, 0.2) is 60.6 Å². The predicted octanol–water partition coefficient (Wildman–Crippen LogP) is 5.16. The number of fused-ring (bicyclic) bond motifs is 1. The number of carbonyl (C=O) groups is 1. The van der Waals surface area contributed by atoms with E-state index in [1.165, 1.54) is 12.3 Å². The molecule has 1 aliphatic rings. The second-order valence-electron chi connectivity index (χ2n) is 9.60. The molecule has 2 aromatic heterocycles. The number of nitrogens with zero attached hydrogens (tertiary/aromatic N) is 3. The number of amides is 1. The van der Waals surface area contributed by atoms with Gasteiger partial charge < -0.3 is 10.1 Å². The standard InChI is InChI=1S/C27H31FN4O2/c1-18-21(16-20-12-8-9-13-23(20)28)26(34-27(2,3)4)32-24(31-18)22(17-30-32)25(33)29-15-14-19-10-6-5-7-11-19/h5-11,13,17,20H,12,14-16H2,1-4H3,(H,29,33). The number of halogens is 1. The molecule has 0 saturated carbocycles. The maximum atomic E-state index is 14.5. The van der Waals surface area contributed by atoms with E-state index in [4.69, 9.17) is 9.72 Å². The normalized spacial score (nSPS) is 15.9. The average Bonchev–Trinajstić information content (AvgIpc) is 3.21. The number of nitrogens with one attached hydrogen (secondary N) is 1. The first-order valence-corrected chi connectivity index (χ1v) is 11.6. The van der Waals surface area contributed by atoms with E-state index >= 15 is 0 Å². The molecule has 34 heavy (non-hydrogen) atoms. The summed E-state index contributed by atoms with van der Waals surface area (Å²) in [6.45, 7) is 8.22. The van der Waals surface area contributed by atoms with E-state index in [-0.39, 0.29) is 17.7 Å². The van der Waals surface area contributed by atoms with Crippen molar-refractivity contribution in [2.45, 2.75) is 52.6 Å². The maximum Gasteiger partial charge on any atom is 0.256 e. The molecule has 1 unspecified atom stereocenters. The van der Waals surface area contributed by atoms with Gasteiger partial charge >= 0.3 is 0 Å². The first kappa shape index (κ1) is 23.7. The van der Waals surface area contributed by atoms with E-state index in [9.17, 15) is 9.18 Å². The van der Waals surface area contributed by atoms with Gasteiger partial charge in [-0.3, -0.25) is 4.79 Å². The quantitative estimate of drug-likeness (QED) is 0.527. The summed E-state index contributed by atoms with van der Waals surface area (Å²) >= 11 is 0. The van der Waals surface area contributed by atoms with Gasteiger partial charge in [0, 0.05) is 23.7 Å². The van der Waals surface area contributed by atoms with Crippen molar-refractivity contribution in [1.29, 1.82) is 0 Å². The Kier molecular flexibility index (Phi) is 6.82. The Labute approximate surface area is 199 Å². The Morgan fingerprint density at radius 2 is 2.03 bits per heavy atom. The molecule has 3 aromatic rings. The van der Waals surface area contributed by atoms with Crippen molar-refractivity contribution in [2.75, 3.05) is 6.54 Å². The molecule has 178 valence electrons. The Hall–Kier alpha value is -3.48. The van der Waals surface area contributed by atoms with Crippen molar-refractivity contribution < 1.29 is 13.9 Å². The first-order chi connectivity index (χ1) is 16.2. The van der Waals surface area contributed by atoms with Crippen LogP contribution in [-0.2, 0) is 12.8 Å². The molecule has 0 spiro atoms. The van der Waals surface area contributed by atoms with E-state index in [1.54, 1.807) is 10.6 Å². The summed E-state index contributed by atoms with van der Waals surface area (Å²) in [4.78, 5) is 17.7. The van der Waals surface area contributed by atoms with Crippen molar-refractivity contribution in [3.05, 3.63) is 83.0 Å². The number of aryl methyl sites for hydroxylation is 1. The van der Waals surface area contributed by atoms with Gasteiger partial charge in [0.2, 0.25) is 5.88 Å². The molecule has 0 fully saturated rings. The van der Waals surface area contributed by atoms with Crippen LogP contribution < -0.4 is 10.1 Å². The van der Waals surface area contributed by atoms with Gasteiger partial charge in [-0.1, -0.05) is 42.5 Å². The van der Waals surface area contributed by atoms with E-state index in [2.05, 4.69) is 10.4 Å². The third-order valence-corrected chi connectivity index (χ3v) is 5.75. The summed E-state index contributed by atoms with van der Waals surface area (Å²) in [5.74, 6) is -0.163. The zero-order valence-corrected chi connectivity index (χ0v) is 20.1. The smallest absolute Gasteiger partial charge is 0.256 e. The number of allylic oxidation sites excluding steroid dienone is 4. The van der Waals surface area contributed by atoms with Crippen LogP contribution in [0.3, 0.4) is 0 Å². The van der Waals surface area contributed by atoms with E-state index in [0.29, 0.717) is 42.2 Å². The maximum absolute atomic E-state index is 14.5. The second-order valence-corrected chi connectivity index (χ2v) is 9.60. The van der Waals surface area contributed by atoms with Crippen LogP contribution >= 0.6 is 0 Å². The molecule has 2 heterocycles. The fourth-order valence-corrected chi connectivity index (χ4v) is 4.04. The minimum Gasteiger partial charge on any atom is -0.472 e. The van der Waals surface area contributed by atoms with E-state index in [0.717, 1.165) is 17.5 Å². The van der Waals surface area contributed by atoms with Gasteiger partial charge in [-0.15, -0.1) is 0 Å². The fraction of sp³-hybridized carbons (Fsp3) is 0.370. The highest BCUT2D eigenvalue weighted by molar-refractivity contribution is 5.99. The molecule has 1 N–H and O–H groups in total. The number of aromatic nitrogens is 3. The Balaban J connectivity index is 1.64. The van der Waals surface area contributed by atoms with Crippen molar-refractivity contribution in [2.24, 2.45) is 5.92 Å². The largest absolute Gasteiger partial charge is 0.472 e. The second kappa shape index (κ2) is 9.79. The zero-order valence-electron chi connectivity index (χ0n) is 20.1. The minimum atomic E-state index is -0.514. The van der Waals surface area contributed by atoms with E-state index in [1.807, 2.05) is 64.1 Å². The number of benzene rings is 1. The lowest BCUT2D eigenvalue weighted by atomic mass is 9.91. The van der Waals surface area contributed by atoms with Crippen LogP contribution in [-0.4, -0.2) is 32.7 Å². The highest BCUT2D eigenvalue weighted by Gasteiger charge is 2.27. The lowest BCUT2D eigenvalue weighted by Gasteiger charge is -2.26. The molecule has 4 rings (SSSR count). The third-order valence-electron chi connectivity index (χ3n) is 5.75. The SMILES string of the molecule is Cc1nc2c(C(=O)NCCc3ccccc3)cnn2c(OC(C)(C)C)c1CC1CC=CC=C1F. The van der Waals surface area contributed by atoms with Crippen molar-refractivity contribution in [1.82, 2.24) is 19.9 Å². The number of hydrogen-bond acceptors (Lipinski definition) is 4. The molecule has 0 radical (unpaired) electrons. The van der Waals surface area contributed by atoms with Gasteiger partial charge in [-0.05, 0) is 58.6 Å². The summed E-state index contributed by atoms with van der Waals surface area (Å²) in [6, 6.07) is 9.99. The predicted molar refractivity (Wildman–Crippen MR) is 131 cm³/mol. The molecule has 1 amide bonds. The summed E-state index contributed by atoms with van der Waals surface area (Å²) in [6.07, 6.45) is 8.51. The van der Waals surface area contributed by atoms with Crippen LogP contribution in [0.25, 0.3) is 5.65 Å². The van der Waals surface area contributed by atoms with Crippen LogP contribution in [0.5, 0.6) is 5.88 Å². The van der Waals surface area contributed by atoms with Crippen LogP contribution in [0.2, 0.25) is 0 Å². The van der Waals surface area contributed by atoms with Crippen LogP contribution in [0.4, 0.5) is 4.39 Å². The molecule has 0 aliphatic heterocycles. The lowest BCUT2D eigenvalue weighted by molar-refractivity contribution is 0.0955. The average molecular weight is 463 g/mol. The Morgan fingerprint density at radius 3 is 2.74 bits per heavy atom. The Bertz CT molecular complexity index is 1240. The summed E-state index contributed by atoms with van der Waals surface area (Å²) < 4.78 is 22.3. The molecular weight excluding hydrogens is 431 g/mol. The van der Waals surface area contributed by atoms with Crippen molar-refractivity contribution >= 4 is 11.6 Å². The molecule has 1 aromatic carbocycles. The van der Waals surface area contributed by atoms with Gasteiger partial charge in [0.1, 0.15) is 17.0 Å². The zero-order chi connectivity index (χ0) is 24.3. The first-order valence-electron chi connectivity index (χ1n) is 11.6. The van der Waals surface area contributed by atoms with Crippen LogP contribution in [0.1, 0.15) is 54.4 Å². The molecule has 6 nitrogen and oxygen atoms in total. The molecule has 1 aliphatic carbocycles. The van der Waals surface area contributed by atoms with Crippen molar-refractivity contribution in [3.8, 4) is 5.88 Å². The Morgan fingerprint density at radius 1 is 1.26 bits per heavy atom. The third kappa shape index (κ3) is 5.35. The summed E-state index contributed by atoms with van der Waals surface area (Å²) in [7, 11) is 0. The molecular formula is C27H31FN4O2. The fourth-order valence-electron chi connectivity index (χ4n) is 4.04. The monoisotopic (exact) mass is 462 g/mol. The van der Waals surface area contributed by atoms with Crippen molar-refractivity contribution in [3.63, 3.8) is 0 Å².